The first-order chi connectivity index (χ1) is 9.31. The van der Waals surface area contributed by atoms with Crippen LogP contribution in [-0.2, 0) is 24.4 Å². The maximum absolute atomic E-state index is 6.09. The highest BCUT2D eigenvalue weighted by atomic mass is 35.5. The monoisotopic (exact) mass is 275 g/mol. The first-order valence-corrected chi connectivity index (χ1v) is 6.77. The molecule has 2 rings (SSSR count). The zero-order valence-electron chi connectivity index (χ0n) is 10.8. The van der Waals surface area contributed by atoms with E-state index in [0.717, 1.165) is 17.0 Å². The molecule has 100 valence electrons. The second kappa shape index (κ2) is 7.29. The highest BCUT2D eigenvalue weighted by molar-refractivity contribution is 6.31. The van der Waals surface area contributed by atoms with Crippen molar-refractivity contribution >= 4 is 11.6 Å². The Kier molecular flexibility index (Phi) is 5.40. The predicted molar refractivity (Wildman–Crippen MR) is 79.1 cm³/mol. The first kappa shape index (κ1) is 14.1. The molecule has 0 saturated heterocycles. The van der Waals surface area contributed by atoms with E-state index in [1.165, 1.54) is 11.1 Å². The van der Waals surface area contributed by atoms with Crippen LogP contribution in [-0.4, -0.2) is 6.54 Å². The molecular formula is C16H18ClNO. The lowest BCUT2D eigenvalue weighted by molar-refractivity contribution is 0.106. The van der Waals surface area contributed by atoms with Gasteiger partial charge in [-0.25, -0.2) is 0 Å². The molecule has 0 unspecified atom stereocenters. The molecule has 2 N–H and O–H groups in total. The van der Waals surface area contributed by atoms with E-state index < -0.39 is 0 Å². The van der Waals surface area contributed by atoms with Gasteiger partial charge in [0.15, 0.2) is 0 Å². The molecule has 2 aromatic carbocycles. The molecule has 0 aliphatic carbocycles. The molecule has 0 spiro atoms. The summed E-state index contributed by atoms with van der Waals surface area (Å²) in [6.45, 7) is 1.76. The first-order valence-electron chi connectivity index (χ1n) is 6.39. The fourth-order valence-electron chi connectivity index (χ4n) is 1.98. The lowest BCUT2D eigenvalue weighted by atomic mass is 10.1. The Bertz CT molecular complexity index is 528. The largest absolute Gasteiger partial charge is 0.372 e. The van der Waals surface area contributed by atoms with E-state index >= 15 is 0 Å². The third kappa shape index (κ3) is 4.06. The number of benzene rings is 2. The van der Waals surface area contributed by atoms with Gasteiger partial charge in [-0.05, 0) is 35.7 Å². The molecule has 3 heteroatoms. The summed E-state index contributed by atoms with van der Waals surface area (Å²) in [7, 11) is 0. The number of nitrogens with two attached hydrogens (primary N) is 1. The van der Waals surface area contributed by atoms with Crippen LogP contribution in [0.4, 0.5) is 0 Å². The molecule has 0 aliphatic heterocycles. The minimum absolute atomic E-state index is 0.524. The van der Waals surface area contributed by atoms with E-state index in [1.54, 1.807) is 0 Å². The van der Waals surface area contributed by atoms with Crippen molar-refractivity contribution in [1.29, 1.82) is 0 Å². The Balaban J connectivity index is 1.94. The molecule has 2 aromatic rings. The standard InChI is InChI=1S/C16H18ClNO/c17-16-8-4-3-7-15(16)12-19-11-14-6-2-1-5-13(14)9-10-18/h1-8H,9-12,18H2. The lowest BCUT2D eigenvalue weighted by Gasteiger charge is -2.10. The van der Waals surface area contributed by atoms with Gasteiger partial charge >= 0.3 is 0 Å². The second-order valence-corrected chi connectivity index (χ2v) is 4.80. The van der Waals surface area contributed by atoms with Crippen molar-refractivity contribution in [3.8, 4) is 0 Å². The molecule has 0 saturated carbocycles. The van der Waals surface area contributed by atoms with Gasteiger partial charge in [0.1, 0.15) is 0 Å². The van der Waals surface area contributed by atoms with Crippen LogP contribution in [0.5, 0.6) is 0 Å². The van der Waals surface area contributed by atoms with Gasteiger partial charge in [-0.15, -0.1) is 0 Å². The van der Waals surface area contributed by atoms with Crippen LogP contribution in [0, 0.1) is 0 Å². The molecule has 0 fully saturated rings. The van der Waals surface area contributed by atoms with Crippen LogP contribution in [0.3, 0.4) is 0 Å². The molecule has 0 atom stereocenters. The van der Waals surface area contributed by atoms with Crippen LogP contribution in [0.25, 0.3) is 0 Å². The van der Waals surface area contributed by atoms with Crippen molar-refractivity contribution in [1.82, 2.24) is 0 Å². The van der Waals surface area contributed by atoms with E-state index in [-0.39, 0.29) is 0 Å². The normalized spacial score (nSPS) is 10.6. The summed E-state index contributed by atoms with van der Waals surface area (Å²) in [4.78, 5) is 0. The predicted octanol–water partition coefficient (Wildman–Crippen LogP) is 3.56. The zero-order chi connectivity index (χ0) is 13.5. The third-order valence-corrected chi connectivity index (χ3v) is 3.37. The molecule has 0 radical (unpaired) electrons. The van der Waals surface area contributed by atoms with E-state index in [0.29, 0.717) is 19.8 Å². The average Bonchev–Trinajstić information content (AvgIpc) is 2.43. The highest BCUT2D eigenvalue weighted by Crippen LogP contribution is 2.17. The molecule has 0 heterocycles. The van der Waals surface area contributed by atoms with Crippen molar-refractivity contribution in [3.63, 3.8) is 0 Å². The van der Waals surface area contributed by atoms with E-state index in [2.05, 4.69) is 12.1 Å². The quantitative estimate of drug-likeness (QED) is 0.875. The minimum atomic E-state index is 0.524. The Morgan fingerprint density at radius 2 is 1.42 bits per heavy atom. The molecule has 0 aromatic heterocycles. The smallest absolute Gasteiger partial charge is 0.0735 e. The average molecular weight is 276 g/mol. The van der Waals surface area contributed by atoms with E-state index in [1.807, 2.05) is 36.4 Å². The summed E-state index contributed by atoms with van der Waals surface area (Å²) in [6.07, 6.45) is 0.881. The van der Waals surface area contributed by atoms with Gasteiger partial charge in [-0.3, -0.25) is 0 Å². The Labute approximate surface area is 119 Å². The fourth-order valence-corrected chi connectivity index (χ4v) is 2.17. The van der Waals surface area contributed by atoms with Gasteiger partial charge in [0.05, 0.1) is 13.2 Å². The van der Waals surface area contributed by atoms with Gasteiger partial charge in [-0.2, -0.15) is 0 Å². The van der Waals surface area contributed by atoms with Crippen molar-refractivity contribution in [2.24, 2.45) is 5.73 Å². The minimum Gasteiger partial charge on any atom is -0.372 e. The summed E-state index contributed by atoms with van der Waals surface area (Å²) in [6, 6.07) is 16.0. The molecule has 0 amide bonds. The maximum Gasteiger partial charge on any atom is 0.0735 e. The summed E-state index contributed by atoms with van der Waals surface area (Å²) in [5.74, 6) is 0. The molecule has 19 heavy (non-hydrogen) atoms. The van der Waals surface area contributed by atoms with Crippen LogP contribution >= 0.6 is 11.6 Å². The number of hydrogen-bond donors (Lipinski definition) is 1. The Hall–Kier alpha value is -1.35. The lowest BCUT2D eigenvalue weighted by Crippen LogP contribution is -2.06. The summed E-state index contributed by atoms with van der Waals surface area (Å²) in [5, 5.41) is 0.748. The molecular weight excluding hydrogens is 258 g/mol. The van der Waals surface area contributed by atoms with Crippen molar-refractivity contribution in [2.45, 2.75) is 19.6 Å². The van der Waals surface area contributed by atoms with Crippen LogP contribution in [0.1, 0.15) is 16.7 Å². The molecule has 0 bridgehead atoms. The number of halogens is 1. The topological polar surface area (TPSA) is 35.2 Å². The summed E-state index contributed by atoms with van der Waals surface area (Å²) >= 11 is 6.09. The van der Waals surface area contributed by atoms with Crippen molar-refractivity contribution in [3.05, 3.63) is 70.2 Å². The summed E-state index contributed by atoms with van der Waals surface area (Å²) in [5.41, 5.74) is 9.07. The van der Waals surface area contributed by atoms with Crippen molar-refractivity contribution in [2.75, 3.05) is 6.54 Å². The zero-order valence-corrected chi connectivity index (χ0v) is 11.6. The second-order valence-electron chi connectivity index (χ2n) is 4.39. The van der Waals surface area contributed by atoms with Gasteiger partial charge in [0.2, 0.25) is 0 Å². The fraction of sp³-hybridized carbons (Fsp3) is 0.250. The number of ether oxygens (including phenoxy) is 1. The van der Waals surface area contributed by atoms with E-state index in [4.69, 9.17) is 22.1 Å². The Morgan fingerprint density at radius 1 is 0.842 bits per heavy atom. The SMILES string of the molecule is NCCc1ccccc1COCc1ccccc1Cl. The van der Waals surface area contributed by atoms with Gasteiger partial charge in [0.25, 0.3) is 0 Å². The molecule has 0 aliphatic rings. The maximum atomic E-state index is 6.09. The van der Waals surface area contributed by atoms with Crippen LogP contribution in [0.2, 0.25) is 5.02 Å². The number of hydrogen-bond acceptors (Lipinski definition) is 2. The van der Waals surface area contributed by atoms with Crippen LogP contribution in [0.15, 0.2) is 48.5 Å². The highest BCUT2D eigenvalue weighted by Gasteiger charge is 2.03. The summed E-state index contributed by atoms with van der Waals surface area (Å²) < 4.78 is 5.75. The van der Waals surface area contributed by atoms with E-state index in [9.17, 15) is 0 Å². The van der Waals surface area contributed by atoms with Crippen molar-refractivity contribution < 1.29 is 4.74 Å². The van der Waals surface area contributed by atoms with Crippen LogP contribution < -0.4 is 5.73 Å². The van der Waals surface area contributed by atoms with Gasteiger partial charge in [0, 0.05) is 5.02 Å². The number of rotatable bonds is 6. The Morgan fingerprint density at radius 3 is 2.11 bits per heavy atom. The van der Waals surface area contributed by atoms with Gasteiger partial charge in [-0.1, -0.05) is 54.1 Å². The third-order valence-electron chi connectivity index (χ3n) is 3.01. The molecule has 2 nitrogen and oxygen atoms in total. The van der Waals surface area contributed by atoms with Gasteiger partial charge < -0.3 is 10.5 Å².